The number of nitrogens with zero attached hydrogens (tertiary/aromatic N) is 1. The third-order valence-electron chi connectivity index (χ3n) is 3.94. The standard InChI is InChI=1S/C18H18F3N3O3/c1-10-4-5-11(2)15(8-10)23-17(25)12(3)22-14-7-6-13(18(19,20)21)9-16(14)24(26)27/h4-9,12,22H,1-3H3,(H,23,25)/t12-/m0/s1. The minimum absolute atomic E-state index is 0.170. The number of nitrogens with one attached hydrogen (secondary N) is 2. The lowest BCUT2D eigenvalue weighted by Gasteiger charge is -2.17. The highest BCUT2D eigenvalue weighted by atomic mass is 19.4. The molecule has 1 atom stereocenters. The topological polar surface area (TPSA) is 84.3 Å². The Labute approximate surface area is 153 Å². The molecule has 2 N–H and O–H groups in total. The van der Waals surface area contributed by atoms with Gasteiger partial charge >= 0.3 is 6.18 Å². The predicted molar refractivity (Wildman–Crippen MR) is 95.7 cm³/mol. The molecule has 27 heavy (non-hydrogen) atoms. The van der Waals surface area contributed by atoms with Crippen molar-refractivity contribution in [3.63, 3.8) is 0 Å². The third kappa shape index (κ3) is 4.96. The van der Waals surface area contributed by atoms with E-state index in [9.17, 15) is 28.1 Å². The van der Waals surface area contributed by atoms with Crippen molar-refractivity contribution < 1.29 is 22.9 Å². The van der Waals surface area contributed by atoms with Gasteiger partial charge in [-0.3, -0.25) is 14.9 Å². The van der Waals surface area contributed by atoms with Crippen molar-refractivity contribution in [1.82, 2.24) is 0 Å². The first kappa shape index (κ1) is 20.2. The van der Waals surface area contributed by atoms with Gasteiger partial charge in [0.05, 0.1) is 10.5 Å². The number of anilines is 2. The average molecular weight is 381 g/mol. The second-order valence-corrected chi connectivity index (χ2v) is 6.16. The molecular formula is C18H18F3N3O3. The highest BCUT2D eigenvalue weighted by molar-refractivity contribution is 5.97. The Morgan fingerprint density at radius 3 is 2.37 bits per heavy atom. The molecule has 1 amide bonds. The number of nitro groups is 1. The van der Waals surface area contributed by atoms with Crippen LogP contribution in [-0.2, 0) is 11.0 Å². The molecule has 0 radical (unpaired) electrons. The molecule has 0 bridgehead atoms. The normalized spacial score (nSPS) is 12.4. The van der Waals surface area contributed by atoms with Crippen molar-refractivity contribution in [3.05, 3.63) is 63.2 Å². The molecule has 0 unspecified atom stereocenters. The lowest BCUT2D eigenvalue weighted by Crippen LogP contribution is -2.32. The van der Waals surface area contributed by atoms with E-state index in [1.165, 1.54) is 6.92 Å². The van der Waals surface area contributed by atoms with Gasteiger partial charge in [0.2, 0.25) is 5.91 Å². The maximum Gasteiger partial charge on any atom is 0.416 e. The van der Waals surface area contributed by atoms with Crippen LogP contribution in [0.5, 0.6) is 0 Å². The molecule has 2 rings (SSSR count). The van der Waals surface area contributed by atoms with Gasteiger partial charge in [-0.25, -0.2) is 0 Å². The fourth-order valence-corrected chi connectivity index (χ4v) is 2.39. The van der Waals surface area contributed by atoms with Crippen LogP contribution in [0, 0.1) is 24.0 Å². The Kier molecular flexibility index (Phi) is 5.72. The third-order valence-corrected chi connectivity index (χ3v) is 3.94. The van der Waals surface area contributed by atoms with Crippen molar-refractivity contribution in [1.29, 1.82) is 0 Å². The molecule has 144 valence electrons. The number of nitro benzene ring substituents is 1. The molecule has 0 aliphatic rings. The summed E-state index contributed by atoms with van der Waals surface area (Å²) in [6.45, 7) is 5.14. The number of carbonyl (C=O) groups excluding carboxylic acids is 1. The lowest BCUT2D eigenvalue weighted by atomic mass is 10.1. The summed E-state index contributed by atoms with van der Waals surface area (Å²) >= 11 is 0. The number of alkyl halides is 3. The maximum absolute atomic E-state index is 12.8. The summed E-state index contributed by atoms with van der Waals surface area (Å²) < 4.78 is 38.3. The lowest BCUT2D eigenvalue weighted by molar-refractivity contribution is -0.384. The summed E-state index contributed by atoms with van der Waals surface area (Å²) in [5.41, 5.74) is 0.312. The average Bonchev–Trinajstić information content (AvgIpc) is 2.57. The molecule has 0 saturated heterocycles. The fourth-order valence-electron chi connectivity index (χ4n) is 2.39. The van der Waals surface area contributed by atoms with Crippen LogP contribution >= 0.6 is 0 Å². The summed E-state index contributed by atoms with van der Waals surface area (Å²) in [7, 11) is 0. The molecule has 2 aromatic carbocycles. The largest absolute Gasteiger partial charge is 0.416 e. The number of halogens is 3. The number of hydrogen-bond donors (Lipinski definition) is 2. The molecule has 0 aliphatic carbocycles. The predicted octanol–water partition coefficient (Wildman–Crippen LogP) is 4.67. The van der Waals surface area contributed by atoms with Gasteiger partial charge in [-0.2, -0.15) is 13.2 Å². The summed E-state index contributed by atoms with van der Waals surface area (Å²) in [5, 5.41) is 16.4. The highest BCUT2D eigenvalue weighted by Gasteiger charge is 2.33. The molecule has 0 aliphatic heterocycles. The van der Waals surface area contributed by atoms with Crippen molar-refractivity contribution in [2.24, 2.45) is 0 Å². The molecule has 2 aromatic rings. The van der Waals surface area contributed by atoms with E-state index in [4.69, 9.17) is 0 Å². The first-order chi connectivity index (χ1) is 12.5. The second kappa shape index (κ2) is 7.65. The minimum atomic E-state index is -4.70. The van der Waals surface area contributed by atoms with Gasteiger partial charge in [0, 0.05) is 11.8 Å². The number of aryl methyl sites for hydroxylation is 2. The number of rotatable bonds is 5. The summed E-state index contributed by atoms with van der Waals surface area (Å²) in [5.74, 6) is -0.474. The molecule has 0 aromatic heterocycles. The van der Waals surface area contributed by atoms with E-state index in [0.717, 1.165) is 23.3 Å². The number of hydrogen-bond acceptors (Lipinski definition) is 4. The van der Waals surface area contributed by atoms with E-state index in [-0.39, 0.29) is 5.69 Å². The van der Waals surface area contributed by atoms with Crippen LogP contribution in [0.1, 0.15) is 23.6 Å². The van der Waals surface area contributed by atoms with E-state index in [2.05, 4.69) is 10.6 Å². The van der Waals surface area contributed by atoms with Crippen molar-refractivity contribution in [2.45, 2.75) is 33.0 Å². The molecule has 9 heteroatoms. The first-order valence-corrected chi connectivity index (χ1v) is 7.99. The van der Waals surface area contributed by atoms with Crippen molar-refractivity contribution in [2.75, 3.05) is 10.6 Å². The molecule has 0 fully saturated rings. The Hall–Kier alpha value is -3.10. The first-order valence-electron chi connectivity index (χ1n) is 7.99. The van der Waals surface area contributed by atoms with Gasteiger partial charge in [-0.15, -0.1) is 0 Å². The van der Waals surface area contributed by atoms with Crippen LogP contribution in [0.25, 0.3) is 0 Å². The van der Waals surface area contributed by atoms with Gasteiger partial charge in [0.15, 0.2) is 0 Å². The second-order valence-electron chi connectivity index (χ2n) is 6.16. The Bertz CT molecular complexity index is 882. The van der Waals surface area contributed by atoms with Crippen LogP contribution in [0.4, 0.5) is 30.2 Å². The molecule has 0 saturated carbocycles. The number of amides is 1. The van der Waals surface area contributed by atoms with E-state index >= 15 is 0 Å². The molecule has 0 heterocycles. The summed E-state index contributed by atoms with van der Waals surface area (Å²) in [6.07, 6.45) is -4.70. The van der Waals surface area contributed by atoms with Gasteiger partial charge in [-0.1, -0.05) is 12.1 Å². The van der Waals surface area contributed by atoms with Crippen molar-refractivity contribution >= 4 is 23.0 Å². The summed E-state index contributed by atoms with van der Waals surface area (Å²) in [6, 6.07) is 6.70. The Balaban J connectivity index is 2.21. The zero-order valence-electron chi connectivity index (χ0n) is 14.8. The SMILES string of the molecule is Cc1ccc(C)c(NC(=O)[C@H](C)Nc2ccc(C(F)(F)F)cc2[N+](=O)[O-])c1. The highest BCUT2D eigenvalue weighted by Crippen LogP contribution is 2.35. The Morgan fingerprint density at radius 2 is 1.78 bits per heavy atom. The number of benzene rings is 2. The quantitative estimate of drug-likeness (QED) is 0.582. The Morgan fingerprint density at radius 1 is 1.11 bits per heavy atom. The van der Waals surface area contributed by atoms with Gasteiger partial charge < -0.3 is 10.6 Å². The van der Waals surface area contributed by atoms with Crippen LogP contribution in [0.15, 0.2) is 36.4 Å². The zero-order chi connectivity index (χ0) is 20.4. The monoisotopic (exact) mass is 381 g/mol. The molecular weight excluding hydrogens is 363 g/mol. The van der Waals surface area contributed by atoms with Crippen molar-refractivity contribution in [3.8, 4) is 0 Å². The van der Waals surface area contributed by atoms with E-state index in [1.807, 2.05) is 26.0 Å². The minimum Gasteiger partial charge on any atom is -0.368 e. The maximum atomic E-state index is 12.8. The smallest absolute Gasteiger partial charge is 0.368 e. The molecule has 0 spiro atoms. The molecule has 6 nitrogen and oxygen atoms in total. The number of carbonyl (C=O) groups is 1. The van der Waals surface area contributed by atoms with Crippen LogP contribution in [0.2, 0.25) is 0 Å². The van der Waals surface area contributed by atoms with Crippen LogP contribution in [-0.4, -0.2) is 16.9 Å². The van der Waals surface area contributed by atoms with Gasteiger partial charge in [0.25, 0.3) is 5.69 Å². The fraction of sp³-hybridized carbons (Fsp3) is 0.278. The van der Waals surface area contributed by atoms with E-state index < -0.39 is 34.3 Å². The van der Waals surface area contributed by atoms with Crippen LogP contribution < -0.4 is 10.6 Å². The zero-order valence-corrected chi connectivity index (χ0v) is 14.8. The van der Waals surface area contributed by atoms with E-state index in [1.54, 1.807) is 6.07 Å². The van der Waals surface area contributed by atoms with Gasteiger partial charge in [0.1, 0.15) is 11.7 Å². The summed E-state index contributed by atoms with van der Waals surface area (Å²) in [4.78, 5) is 22.6. The van der Waals surface area contributed by atoms with Gasteiger partial charge in [-0.05, 0) is 50.1 Å². The van der Waals surface area contributed by atoms with Crippen LogP contribution in [0.3, 0.4) is 0 Å². The van der Waals surface area contributed by atoms with E-state index in [0.29, 0.717) is 11.8 Å².